The first kappa shape index (κ1) is 12.1. The minimum absolute atomic E-state index is 0.462. The van der Waals surface area contributed by atoms with Gasteiger partial charge in [0.25, 0.3) is 0 Å². The molecule has 0 atom stereocenters. The standard InChI is InChI=1S/C14H13ClN2O2/c15-14-11(4-2-6-16-14)17-9-10-3-1-5-12-13(10)19-8-7-18-12/h1-6,17H,7-9H2. The SMILES string of the molecule is Clc1ncccc1NCc1cccc2c1OCCO2. The summed E-state index contributed by atoms with van der Waals surface area (Å²) in [6.45, 7) is 1.79. The predicted molar refractivity (Wildman–Crippen MR) is 74.0 cm³/mol. The van der Waals surface area contributed by atoms with Crippen LogP contribution in [0.3, 0.4) is 0 Å². The van der Waals surface area contributed by atoms with Gasteiger partial charge >= 0.3 is 0 Å². The van der Waals surface area contributed by atoms with Crippen molar-refractivity contribution in [2.45, 2.75) is 6.54 Å². The molecule has 1 aliphatic heterocycles. The third kappa shape index (κ3) is 2.58. The molecule has 0 saturated heterocycles. The van der Waals surface area contributed by atoms with Crippen LogP contribution in [0.2, 0.25) is 5.15 Å². The van der Waals surface area contributed by atoms with E-state index in [1.54, 1.807) is 6.20 Å². The first-order valence-corrected chi connectivity index (χ1v) is 6.44. The molecule has 5 heteroatoms. The fraction of sp³-hybridized carbons (Fsp3) is 0.214. The Bertz CT molecular complexity index is 589. The number of nitrogens with one attached hydrogen (secondary N) is 1. The Morgan fingerprint density at radius 3 is 2.95 bits per heavy atom. The number of hydrogen-bond donors (Lipinski definition) is 1. The lowest BCUT2D eigenvalue weighted by atomic mass is 10.1. The molecule has 2 aromatic rings. The zero-order valence-corrected chi connectivity index (χ0v) is 11.0. The van der Waals surface area contributed by atoms with Crippen molar-refractivity contribution in [3.05, 3.63) is 47.2 Å². The van der Waals surface area contributed by atoms with Gasteiger partial charge in [-0.3, -0.25) is 0 Å². The van der Waals surface area contributed by atoms with E-state index in [9.17, 15) is 0 Å². The van der Waals surface area contributed by atoms with Crippen molar-refractivity contribution in [1.82, 2.24) is 4.98 Å². The minimum Gasteiger partial charge on any atom is -0.486 e. The Kier molecular flexibility index (Phi) is 3.42. The van der Waals surface area contributed by atoms with Crippen LogP contribution in [0.5, 0.6) is 11.5 Å². The molecule has 19 heavy (non-hydrogen) atoms. The third-order valence-corrected chi connectivity index (χ3v) is 3.18. The summed E-state index contributed by atoms with van der Waals surface area (Å²) >= 11 is 6.00. The highest BCUT2D eigenvalue weighted by atomic mass is 35.5. The Morgan fingerprint density at radius 2 is 2.05 bits per heavy atom. The van der Waals surface area contributed by atoms with Crippen LogP contribution in [-0.4, -0.2) is 18.2 Å². The van der Waals surface area contributed by atoms with Crippen molar-refractivity contribution in [2.24, 2.45) is 0 Å². The van der Waals surface area contributed by atoms with E-state index >= 15 is 0 Å². The van der Waals surface area contributed by atoms with Crippen LogP contribution < -0.4 is 14.8 Å². The van der Waals surface area contributed by atoms with Gasteiger partial charge in [-0.15, -0.1) is 0 Å². The van der Waals surface area contributed by atoms with Gasteiger partial charge in [0.15, 0.2) is 16.7 Å². The van der Waals surface area contributed by atoms with E-state index in [1.165, 1.54) is 0 Å². The topological polar surface area (TPSA) is 43.4 Å². The molecule has 0 spiro atoms. The molecule has 0 bridgehead atoms. The fourth-order valence-corrected chi connectivity index (χ4v) is 2.17. The van der Waals surface area contributed by atoms with Crippen LogP contribution in [0, 0.1) is 0 Å². The Hall–Kier alpha value is -1.94. The maximum atomic E-state index is 6.00. The molecule has 0 aliphatic carbocycles. The van der Waals surface area contributed by atoms with E-state index in [1.807, 2.05) is 30.3 Å². The first-order valence-electron chi connectivity index (χ1n) is 6.06. The van der Waals surface area contributed by atoms with E-state index in [0.29, 0.717) is 24.9 Å². The maximum Gasteiger partial charge on any atom is 0.166 e. The smallest absolute Gasteiger partial charge is 0.166 e. The molecule has 0 saturated carbocycles. The van der Waals surface area contributed by atoms with Crippen molar-refractivity contribution in [1.29, 1.82) is 0 Å². The largest absolute Gasteiger partial charge is 0.486 e. The predicted octanol–water partition coefficient (Wildman–Crippen LogP) is 3.12. The summed E-state index contributed by atoms with van der Waals surface area (Å²) in [6.07, 6.45) is 1.66. The van der Waals surface area contributed by atoms with Gasteiger partial charge in [0.1, 0.15) is 13.2 Å². The van der Waals surface area contributed by atoms with Crippen molar-refractivity contribution in [3.8, 4) is 11.5 Å². The summed E-state index contributed by atoms with van der Waals surface area (Å²) in [6, 6.07) is 9.60. The lowest BCUT2D eigenvalue weighted by Gasteiger charge is -2.21. The van der Waals surface area contributed by atoms with Crippen molar-refractivity contribution in [3.63, 3.8) is 0 Å². The number of anilines is 1. The summed E-state index contributed by atoms with van der Waals surface area (Å²) < 4.78 is 11.2. The molecule has 0 amide bonds. The van der Waals surface area contributed by atoms with E-state index in [4.69, 9.17) is 21.1 Å². The normalized spacial score (nSPS) is 13.1. The number of nitrogens with zero attached hydrogens (tertiary/aromatic N) is 1. The molecular formula is C14H13ClN2O2. The number of pyridine rings is 1. The number of fused-ring (bicyclic) bond motifs is 1. The van der Waals surface area contributed by atoms with E-state index in [2.05, 4.69) is 10.3 Å². The summed E-state index contributed by atoms with van der Waals surface area (Å²) in [4.78, 5) is 4.03. The molecule has 2 heterocycles. The first-order chi connectivity index (χ1) is 9.34. The van der Waals surface area contributed by atoms with Gasteiger partial charge in [-0.1, -0.05) is 23.7 Å². The van der Waals surface area contributed by atoms with Crippen LogP contribution in [0.25, 0.3) is 0 Å². The molecule has 0 unspecified atom stereocenters. The van der Waals surface area contributed by atoms with Gasteiger partial charge < -0.3 is 14.8 Å². The van der Waals surface area contributed by atoms with Crippen molar-refractivity contribution >= 4 is 17.3 Å². The summed E-state index contributed by atoms with van der Waals surface area (Å²) in [5, 5.41) is 3.71. The van der Waals surface area contributed by atoms with Gasteiger partial charge in [-0.05, 0) is 18.2 Å². The number of ether oxygens (including phenoxy) is 2. The zero-order valence-electron chi connectivity index (χ0n) is 10.2. The van der Waals surface area contributed by atoms with Crippen LogP contribution >= 0.6 is 11.6 Å². The summed E-state index contributed by atoms with van der Waals surface area (Å²) in [5.41, 5.74) is 1.84. The second-order valence-corrected chi connectivity index (χ2v) is 4.49. The Morgan fingerprint density at radius 1 is 1.16 bits per heavy atom. The molecule has 0 fully saturated rings. The molecule has 98 valence electrons. The Balaban J connectivity index is 1.79. The van der Waals surface area contributed by atoms with E-state index in [-0.39, 0.29) is 0 Å². The van der Waals surface area contributed by atoms with Gasteiger partial charge in [-0.25, -0.2) is 4.98 Å². The monoisotopic (exact) mass is 276 g/mol. The third-order valence-electron chi connectivity index (χ3n) is 2.88. The molecular weight excluding hydrogens is 264 g/mol. The molecule has 1 aliphatic rings. The molecule has 4 nitrogen and oxygen atoms in total. The fourth-order valence-electron chi connectivity index (χ4n) is 1.98. The van der Waals surface area contributed by atoms with Crippen molar-refractivity contribution < 1.29 is 9.47 Å². The van der Waals surface area contributed by atoms with Crippen LogP contribution in [0.1, 0.15) is 5.56 Å². The van der Waals surface area contributed by atoms with Gasteiger partial charge in [0.2, 0.25) is 0 Å². The van der Waals surface area contributed by atoms with Crippen molar-refractivity contribution in [2.75, 3.05) is 18.5 Å². The summed E-state index contributed by atoms with van der Waals surface area (Å²) in [7, 11) is 0. The molecule has 3 rings (SSSR count). The molecule has 0 radical (unpaired) electrons. The Labute approximate surface area is 116 Å². The summed E-state index contributed by atoms with van der Waals surface area (Å²) in [5.74, 6) is 1.60. The minimum atomic E-state index is 0.462. The van der Waals surface area contributed by atoms with E-state index in [0.717, 1.165) is 22.7 Å². The highest BCUT2D eigenvalue weighted by Gasteiger charge is 2.15. The number of rotatable bonds is 3. The highest BCUT2D eigenvalue weighted by Crippen LogP contribution is 2.34. The molecule has 1 aromatic carbocycles. The van der Waals surface area contributed by atoms with Crippen LogP contribution in [-0.2, 0) is 6.54 Å². The van der Waals surface area contributed by atoms with Gasteiger partial charge in [-0.2, -0.15) is 0 Å². The van der Waals surface area contributed by atoms with Gasteiger partial charge in [0, 0.05) is 18.3 Å². The average molecular weight is 277 g/mol. The quantitative estimate of drug-likeness (QED) is 0.875. The second-order valence-electron chi connectivity index (χ2n) is 4.14. The number of halogens is 1. The zero-order chi connectivity index (χ0) is 13.1. The van der Waals surface area contributed by atoms with Crippen LogP contribution in [0.4, 0.5) is 5.69 Å². The average Bonchev–Trinajstić information content (AvgIpc) is 2.46. The lowest BCUT2D eigenvalue weighted by molar-refractivity contribution is 0.170. The molecule has 1 aromatic heterocycles. The number of hydrogen-bond acceptors (Lipinski definition) is 4. The highest BCUT2D eigenvalue weighted by molar-refractivity contribution is 6.31. The number of para-hydroxylation sites is 1. The molecule has 1 N–H and O–H groups in total. The second kappa shape index (κ2) is 5.36. The lowest BCUT2D eigenvalue weighted by Crippen LogP contribution is -2.17. The number of benzene rings is 1. The van der Waals surface area contributed by atoms with E-state index < -0.39 is 0 Å². The van der Waals surface area contributed by atoms with Crippen LogP contribution in [0.15, 0.2) is 36.5 Å². The van der Waals surface area contributed by atoms with Gasteiger partial charge in [0.05, 0.1) is 5.69 Å². The number of aromatic nitrogens is 1. The maximum absolute atomic E-state index is 6.00.